The van der Waals surface area contributed by atoms with Crippen LogP contribution < -0.4 is 11.1 Å². The minimum absolute atomic E-state index is 0. The monoisotopic (exact) mass is 308 g/mol. The van der Waals surface area contributed by atoms with Crippen LogP contribution in [-0.4, -0.2) is 23.7 Å². The quantitative estimate of drug-likeness (QED) is 0.904. The molecule has 0 aliphatic carbocycles. The van der Waals surface area contributed by atoms with Crippen LogP contribution in [0, 0.1) is 11.3 Å². The first-order valence-corrected chi connectivity index (χ1v) is 6.64. The number of furan rings is 1. The maximum atomic E-state index is 8.67. The number of nitrogens with one attached hydrogen (secondary N) is 1. The number of fused-ring (bicyclic) bond motifs is 1. The average molecular weight is 309 g/mol. The molecule has 7 heteroatoms. The first-order chi connectivity index (χ1) is 9.78. The highest BCUT2D eigenvalue weighted by Gasteiger charge is 2.23. The Morgan fingerprint density at radius 1 is 1.48 bits per heavy atom. The van der Waals surface area contributed by atoms with Crippen LogP contribution in [0.15, 0.2) is 22.9 Å². The van der Waals surface area contributed by atoms with Crippen molar-refractivity contribution in [2.24, 2.45) is 0 Å². The molecule has 0 spiro atoms. The molecular weight excluding hydrogens is 292 g/mol. The fourth-order valence-corrected chi connectivity index (χ4v) is 2.46. The zero-order valence-corrected chi connectivity index (χ0v) is 12.2. The predicted molar refractivity (Wildman–Crippen MR) is 82.3 cm³/mol. The van der Waals surface area contributed by atoms with Gasteiger partial charge in [-0.2, -0.15) is 5.26 Å². The molecule has 1 saturated heterocycles. The van der Waals surface area contributed by atoms with Crippen LogP contribution in [0.2, 0.25) is 0 Å². The summed E-state index contributed by atoms with van der Waals surface area (Å²) in [5.41, 5.74) is 8.75. The summed E-state index contributed by atoms with van der Waals surface area (Å²) in [5, 5.41) is 12.0. The molecule has 2 aromatic heterocycles. The normalized spacial score (nSPS) is 21.5. The minimum Gasteiger partial charge on any atom is -0.460 e. The lowest BCUT2D eigenvalue weighted by Gasteiger charge is -2.29. The van der Waals surface area contributed by atoms with Gasteiger partial charge in [-0.1, -0.05) is 0 Å². The highest BCUT2D eigenvalue weighted by atomic mass is 35.5. The van der Waals surface area contributed by atoms with Crippen molar-refractivity contribution in [1.29, 1.82) is 5.26 Å². The maximum Gasteiger partial charge on any atom is 0.177 e. The van der Waals surface area contributed by atoms with Crippen LogP contribution in [0.3, 0.4) is 0 Å². The van der Waals surface area contributed by atoms with Gasteiger partial charge in [0.15, 0.2) is 5.58 Å². The number of hydrogen-bond donors (Lipinski definition) is 2. The zero-order chi connectivity index (χ0) is 13.9. The number of nitriles is 1. The van der Waals surface area contributed by atoms with Gasteiger partial charge in [0, 0.05) is 12.1 Å². The zero-order valence-electron chi connectivity index (χ0n) is 11.4. The van der Waals surface area contributed by atoms with Crippen molar-refractivity contribution in [3.05, 3.63) is 18.5 Å². The molecule has 112 valence electrons. The number of nitrogen functional groups attached to an aromatic ring is 1. The number of aromatic nitrogens is 1. The van der Waals surface area contributed by atoms with E-state index in [0.29, 0.717) is 24.3 Å². The molecule has 0 unspecified atom stereocenters. The van der Waals surface area contributed by atoms with Crippen LogP contribution in [0.4, 0.5) is 11.4 Å². The Labute approximate surface area is 128 Å². The van der Waals surface area contributed by atoms with Crippen LogP contribution in [0.25, 0.3) is 11.1 Å². The van der Waals surface area contributed by atoms with Gasteiger partial charge in [-0.3, -0.25) is 4.98 Å². The third-order valence-corrected chi connectivity index (χ3v) is 3.54. The first kappa shape index (κ1) is 15.4. The largest absolute Gasteiger partial charge is 0.460 e. The number of ether oxygens (including phenoxy) is 1. The van der Waals surface area contributed by atoms with E-state index in [4.69, 9.17) is 20.1 Å². The van der Waals surface area contributed by atoms with Gasteiger partial charge in [0.2, 0.25) is 0 Å². The second kappa shape index (κ2) is 6.66. The molecule has 6 nitrogen and oxygen atoms in total. The number of halogens is 1. The Morgan fingerprint density at radius 2 is 2.33 bits per heavy atom. The Hall–Kier alpha value is -1.97. The van der Waals surface area contributed by atoms with E-state index in [0.717, 1.165) is 24.0 Å². The van der Waals surface area contributed by atoms with Crippen molar-refractivity contribution in [3.63, 3.8) is 0 Å². The highest BCUT2D eigenvalue weighted by Crippen LogP contribution is 2.30. The lowest BCUT2D eigenvalue weighted by Crippen LogP contribution is -2.34. The van der Waals surface area contributed by atoms with E-state index in [1.807, 2.05) is 0 Å². The maximum absolute atomic E-state index is 8.67. The summed E-state index contributed by atoms with van der Waals surface area (Å²) in [5.74, 6) is 0. The Kier molecular flexibility index (Phi) is 4.89. The minimum atomic E-state index is 0. The van der Waals surface area contributed by atoms with Gasteiger partial charge >= 0.3 is 0 Å². The molecule has 0 radical (unpaired) electrons. The van der Waals surface area contributed by atoms with Gasteiger partial charge in [0.25, 0.3) is 0 Å². The van der Waals surface area contributed by atoms with Gasteiger partial charge in [-0.25, -0.2) is 0 Å². The fraction of sp³-hybridized carbons (Fsp3) is 0.429. The van der Waals surface area contributed by atoms with Crippen molar-refractivity contribution in [3.8, 4) is 6.07 Å². The molecule has 3 rings (SSSR count). The third kappa shape index (κ3) is 3.20. The molecule has 0 amide bonds. The van der Waals surface area contributed by atoms with Gasteiger partial charge < -0.3 is 20.2 Å². The molecule has 0 bridgehead atoms. The number of anilines is 2. The van der Waals surface area contributed by atoms with Crippen molar-refractivity contribution in [2.75, 3.05) is 17.7 Å². The summed E-state index contributed by atoms with van der Waals surface area (Å²) in [7, 11) is 0. The fourth-order valence-electron chi connectivity index (χ4n) is 2.46. The summed E-state index contributed by atoms with van der Waals surface area (Å²) in [6, 6.07) is 4.12. The molecule has 2 aromatic rings. The van der Waals surface area contributed by atoms with Gasteiger partial charge in [-0.15, -0.1) is 12.4 Å². The average Bonchev–Trinajstić information content (AvgIpc) is 2.93. The molecular formula is C14H17ClN4O2. The second-order valence-corrected chi connectivity index (χ2v) is 4.96. The third-order valence-electron chi connectivity index (χ3n) is 3.54. The summed E-state index contributed by atoms with van der Waals surface area (Å²) in [6.07, 6.45) is 5.54. The Balaban J connectivity index is 0.00000161. The standard InChI is InChI=1S/C14H16N4O2.ClH/c15-5-3-10-2-1-9(8-20-10)18-13-11(16)7-17-12-4-6-19-14(12)13;/h4,6-7,9-10H,1-3,8,16H2,(H,17,18);1H/t9-,10+;/m0./s1. The number of pyridine rings is 1. The van der Waals surface area contributed by atoms with Crippen LogP contribution in [0.5, 0.6) is 0 Å². The predicted octanol–water partition coefficient (Wildman–Crippen LogP) is 2.70. The van der Waals surface area contributed by atoms with Crippen molar-refractivity contribution < 1.29 is 9.15 Å². The summed E-state index contributed by atoms with van der Waals surface area (Å²) < 4.78 is 11.1. The first-order valence-electron chi connectivity index (χ1n) is 6.64. The second-order valence-electron chi connectivity index (χ2n) is 4.96. The smallest absolute Gasteiger partial charge is 0.177 e. The molecule has 0 saturated carbocycles. The van der Waals surface area contributed by atoms with E-state index in [-0.39, 0.29) is 24.6 Å². The van der Waals surface area contributed by atoms with Crippen LogP contribution in [0.1, 0.15) is 19.3 Å². The SMILES string of the molecule is Cl.N#CC[C@H]1CC[C@H](Nc2c(N)cnc3ccoc23)CO1. The molecule has 0 aromatic carbocycles. The number of nitrogens with two attached hydrogens (primary N) is 1. The molecule has 2 atom stereocenters. The molecule has 1 fully saturated rings. The van der Waals surface area contributed by atoms with Gasteiger partial charge in [-0.05, 0) is 12.8 Å². The van der Waals surface area contributed by atoms with Crippen molar-refractivity contribution in [2.45, 2.75) is 31.4 Å². The van der Waals surface area contributed by atoms with Crippen LogP contribution >= 0.6 is 12.4 Å². The Morgan fingerprint density at radius 3 is 3.05 bits per heavy atom. The van der Waals surface area contributed by atoms with E-state index in [9.17, 15) is 0 Å². The topological polar surface area (TPSA) is 97.1 Å². The van der Waals surface area contributed by atoms with E-state index >= 15 is 0 Å². The lowest BCUT2D eigenvalue weighted by molar-refractivity contribution is 0.0127. The van der Waals surface area contributed by atoms with Gasteiger partial charge in [0.05, 0.1) is 43.3 Å². The van der Waals surface area contributed by atoms with E-state index in [1.54, 1.807) is 18.5 Å². The molecule has 3 N–H and O–H groups in total. The molecule has 3 heterocycles. The summed E-state index contributed by atoms with van der Waals surface area (Å²) in [6.45, 7) is 0.566. The van der Waals surface area contributed by atoms with E-state index in [2.05, 4.69) is 16.4 Å². The summed E-state index contributed by atoms with van der Waals surface area (Å²) in [4.78, 5) is 4.20. The summed E-state index contributed by atoms with van der Waals surface area (Å²) >= 11 is 0. The highest BCUT2D eigenvalue weighted by molar-refractivity contribution is 5.92. The lowest BCUT2D eigenvalue weighted by atomic mass is 10.0. The number of nitrogens with zero attached hydrogens (tertiary/aromatic N) is 2. The van der Waals surface area contributed by atoms with E-state index < -0.39 is 0 Å². The van der Waals surface area contributed by atoms with Crippen molar-refractivity contribution in [1.82, 2.24) is 4.98 Å². The van der Waals surface area contributed by atoms with Crippen molar-refractivity contribution >= 4 is 34.9 Å². The van der Waals surface area contributed by atoms with Crippen LogP contribution in [-0.2, 0) is 4.74 Å². The molecule has 1 aliphatic rings. The number of rotatable bonds is 3. The Bertz CT molecular complexity index is 644. The van der Waals surface area contributed by atoms with E-state index in [1.165, 1.54) is 0 Å². The number of hydrogen-bond acceptors (Lipinski definition) is 6. The molecule has 21 heavy (non-hydrogen) atoms. The molecule has 1 aliphatic heterocycles. The van der Waals surface area contributed by atoms with Gasteiger partial charge in [0.1, 0.15) is 11.2 Å².